The van der Waals surface area contributed by atoms with Gasteiger partial charge in [-0.05, 0) is 44.9 Å². The van der Waals surface area contributed by atoms with Crippen molar-refractivity contribution in [3.8, 4) is 0 Å². The Morgan fingerprint density at radius 2 is 0.683 bits per heavy atom. The Bertz CT molecular complexity index is 871. The number of unbranched alkanes of at least 4 members (excludes halogenated alkanes) is 40. The van der Waals surface area contributed by atoms with Gasteiger partial charge in [0.25, 0.3) is 0 Å². The number of hydrogen-bond donors (Lipinski definition) is 3. The summed E-state index contributed by atoms with van der Waals surface area (Å²) in [5.74, 6) is -0.0268. The van der Waals surface area contributed by atoms with Gasteiger partial charge >= 0.3 is 0 Å². The van der Waals surface area contributed by atoms with Crippen molar-refractivity contribution in [2.75, 3.05) is 6.61 Å². The van der Waals surface area contributed by atoms with E-state index in [9.17, 15) is 15.0 Å². The quantitative estimate of drug-likeness (QED) is 0.0422. The Morgan fingerprint density at radius 1 is 0.400 bits per heavy atom. The summed E-state index contributed by atoms with van der Waals surface area (Å²) in [6.45, 7) is 4.36. The van der Waals surface area contributed by atoms with E-state index in [1.165, 1.54) is 250 Å². The van der Waals surface area contributed by atoms with Crippen LogP contribution >= 0.6 is 0 Å². The standard InChI is InChI=1S/C56H109NO3/c1-3-5-7-9-11-13-15-16-17-18-19-20-21-22-23-24-25-26-27-28-29-30-31-32-33-34-35-36-37-38-39-40-42-44-46-48-50-52-56(60)57-54(53-58)55(59)51-49-47-45-43-41-14-12-10-8-6-4-2/h15-16,18-19,54-55,58-59H,3-14,17,20-53H2,1-2H3,(H,57,60)/b16-15-,19-18-. The van der Waals surface area contributed by atoms with Crippen molar-refractivity contribution in [1.82, 2.24) is 5.32 Å². The molecule has 0 aliphatic heterocycles. The second-order valence-electron chi connectivity index (χ2n) is 19.0. The fourth-order valence-corrected chi connectivity index (χ4v) is 8.75. The zero-order valence-corrected chi connectivity index (χ0v) is 41.0. The number of aliphatic hydroxyl groups is 2. The lowest BCUT2D eigenvalue weighted by molar-refractivity contribution is -0.123. The third-order valence-corrected chi connectivity index (χ3v) is 13.0. The van der Waals surface area contributed by atoms with E-state index in [1.807, 2.05) is 0 Å². The molecule has 0 rings (SSSR count). The third-order valence-electron chi connectivity index (χ3n) is 13.0. The van der Waals surface area contributed by atoms with Crippen LogP contribution in [0.5, 0.6) is 0 Å². The van der Waals surface area contributed by atoms with Gasteiger partial charge in [0.05, 0.1) is 18.8 Å². The van der Waals surface area contributed by atoms with E-state index in [2.05, 4.69) is 43.5 Å². The fourth-order valence-electron chi connectivity index (χ4n) is 8.75. The number of amides is 1. The van der Waals surface area contributed by atoms with Crippen molar-refractivity contribution in [2.24, 2.45) is 0 Å². The molecule has 0 aromatic carbocycles. The molecule has 2 atom stereocenters. The molecular formula is C56H109NO3. The molecule has 0 saturated heterocycles. The third kappa shape index (κ3) is 47.9. The molecule has 0 bridgehead atoms. The molecule has 4 heteroatoms. The topological polar surface area (TPSA) is 69.6 Å². The molecule has 0 aliphatic rings. The maximum absolute atomic E-state index is 12.4. The van der Waals surface area contributed by atoms with Crippen molar-refractivity contribution in [2.45, 2.75) is 321 Å². The maximum Gasteiger partial charge on any atom is 0.220 e. The minimum Gasteiger partial charge on any atom is -0.394 e. The van der Waals surface area contributed by atoms with Crippen LogP contribution in [0.25, 0.3) is 0 Å². The molecule has 1 amide bonds. The average Bonchev–Trinajstić information content (AvgIpc) is 3.25. The highest BCUT2D eigenvalue weighted by atomic mass is 16.3. The normalized spacial score (nSPS) is 12.9. The summed E-state index contributed by atoms with van der Waals surface area (Å²) >= 11 is 0. The molecule has 4 nitrogen and oxygen atoms in total. The lowest BCUT2D eigenvalue weighted by Gasteiger charge is -2.22. The molecule has 2 unspecified atom stereocenters. The predicted octanol–water partition coefficient (Wildman–Crippen LogP) is 17.9. The molecule has 0 spiro atoms. The van der Waals surface area contributed by atoms with Gasteiger partial charge in [-0.1, -0.05) is 282 Å². The van der Waals surface area contributed by atoms with Gasteiger partial charge in [-0.15, -0.1) is 0 Å². The Balaban J connectivity index is 3.34. The van der Waals surface area contributed by atoms with Gasteiger partial charge in [-0.2, -0.15) is 0 Å². The summed E-state index contributed by atoms with van der Waals surface area (Å²) in [6, 6.07) is -0.531. The van der Waals surface area contributed by atoms with Gasteiger partial charge in [0, 0.05) is 6.42 Å². The average molecular weight is 844 g/mol. The minimum atomic E-state index is -0.654. The molecule has 0 radical (unpaired) electrons. The first-order valence-corrected chi connectivity index (χ1v) is 27.5. The number of aliphatic hydroxyl groups excluding tert-OH is 2. The Morgan fingerprint density at radius 3 is 1.00 bits per heavy atom. The molecule has 3 N–H and O–H groups in total. The highest BCUT2D eigenvalue weighted by Gasteiger charge is 2.20. The van der Waals surface area contributed by atoms with Crippen molar-refractivity contribution >= 4 is 5.91 Å². The van der Waals surface area contributed by atoms with Crippen LogP contribution < -0.4 is 5.32 Å². The molecule has 0 aromatic heterocycles. The number of allylic oxidation sites excluding steroid dienone is 4. The largest absolute Gasteiger partial charge is 0.394 e. The van der Waals surface area contributed by atoms with Crippen LogP contribution in [-0.4, -0.2) is 34.9 Å². The van der Waals surface area contributed by atoms with E-state index in [-0.39, 0.29) is 12.5 Å². The van der Waals surface area contributed by atoms with Crippen LogP contribution in [0.1, 0.15) is 309 Å². The van der Waals surface area contributed by atoms with Crippen LogP contribution in [0.2, 0.25) is 0 Å². The minimum absolute atomic E-state index is 0.0268. The summed E-state index contributed by atoms with van der Waals surface area (Å²) in [6.07, 6.45) is 68.9. The van der Waals surface area contributed by atoms with Crippen molar-refractivity contribution in [3.05, 3.63) is 24.3 Å². The zero-order valence-electron chi connectivity index (χ0n) is 41.0. The maximum atomic E-state index is 12.4. The summed E-state index contributed by atoms with van der Waals surface area (Å²) in [5.41, 5.74) is 0. The van der Waals surface area contributed by atoms with Gasteiger partial charge < -0.3 is 15.5 Å². The van der Waals surface area contributed by atoms with Crippen LogP contribution in [0.3, 0.4) is 0 Å². The molecule has 0 saturated carbocycles. The lowest BCUT2D eigenvalue weighted by atomic mass is 10.0. The molecule has 0 aliphatic carbocycles. The van der Waals surface area contributed by atoms with E-state index < -0.39 is 12.1 Å². The monoisotopic (exact) mass is 844 g/mol. The van der Waals surface area contributed by atoms with E-state index in [0.717, 1.165) is 32.1 Å². The summed E-state index contributed by atoms with van der Waals surface area (Å²) in [4.78, 5) is 12.4. The van der Waals surface area contributed by atoms with Gasteiger partial charge in [0.1, 0.15) is 0 Å². The van der Waals surface area contributed by atoms with Crippen LogP contribution in [0.15, 0.2) is 24.3 Å². The van der Waals surface area contributed by atoms with Crippen molar-refractivity contribution in [3.63, 3.8) is 0 Å². The smallest absolute Gasteiger partial charge is 0.220 e. The SMILES string of the molecule is CCCCCCC/C=C\C/C=C\CCCCCCCCCCCCCCCCCCCCCCCCCCCC(=O)NC(CO)C(O)CCCCCCCCCCCCC. The number of carbonyl (C=O) groups excluding carboxylic acids is 1. The number of rotatable bonds is 51. The van der Waals surface area contributed by atoms with E-state index in [1.54, 1.807) is 0 Å². The Hall–Kier alpha value is -1.13. The molecule has 60 heavy (non-hydrogen) atoms. The number of hydrogen-bond acceptors (Lipinski definition) is 3. The van der Waals surface area contributed by atoms with Gasteiger partial charge in [0.2, 0.25) is 5.91 Å². The molecule has 0 heterocycles. The highest BCUT2D eigenvalue weighted by Crippen LogP contribution is 2.18. The molecule has 0 fully saturated rings. The molecule has 356 valence electrons. The van der Waals surface area contributed by atoms with E-state index >= 15 is 0 Å². The second-order valence-corrected chi connectivity index (χ2v) is 19.0. The highest BCUT2D eigenvalue weighted by molar-refractivity contribution is 5.76. The Kier molecular flexibility index (Phi) is 51.2. The summed E-state index contributed by atoms with van der Waals surface area (Å²) in [5, 5.41) is 23.2. The first-order chi connectivity index (χ1) is 29.7. The van der Waals surface area contributed by atoms with Crippen molar-refractivity contribution < 1.29 is 15.0 Å². The van der Waals surface area contributed by atoms with Crippen LogP contribution in [0, 0.1) is 0 Å². The van der Waals surface area contributed by atoms with Crippen LogP contribution in [-0.2, 0) is 4.79 Å². The van der Waals surface area contributed by atoms with Gasteiger partial charge in [-0.3, -0.25) is 4.79 Å². The van der Waals surface area contributed by atoms with Gasteiger partial charge in [0.15, 0.2) is 0 Å². The van der Waals surface area contributed by atoms with Crippen LogP contribution in [0.4, 0.5) is 0 Å². The first kappa shape index (κ1) is 58.9. The summed E-state index contributed by atoms with van der Waals surface area (Å²) in [7, 11) is 0. The molecular weight excluding hydrogens is 735 g/mol. The lowest BCUT2D eigenvalue weighted by Crippen LogP contribution is -2.45. The fraction of sp³-hybridized carbons (Fsp3) is 0.911. The first-order valence-electron chi connectivity index (χ1n) is 27.5. The zero-order chi connectivity index (χ0) is 43.5. The van der Waals surface area contributed by atoms with E-state index in [0.29, 0.717) is 12.8 Å². The number of nitrogens with one attached hydrogen (secondary N) is 1. The number of carbonyl (C=O) groups is 1. The van der Waals surface area contributed by atoms with Crippen molar-refractivity contribution in [1.29, 1.82) is 0 Å². The molecule has 0 aromatic rings. The predicted molar refractivity (Wildman–Crippen MR) is 267 cm³/mol. The van der Waals surface area contributed by atoms with Gasteiger partial charge in [-0.25, -0.2) is 0 Å². The summed E-state index contributed by atoms with van der Waals surface area (Å²) < 4.78 is 0. The second kappa shape index (κ2) is 52.2. The van der Waals surface area contributed by atoms with E-state index in [4.69, 9.17) is 0 Å². The Labute approximate surface area is 377 Å².